The fourth-order valence-electron chi connectivity index (χ4n) is 1.94. The van der Waals surface area contributed by atoms with E-state index < -0.39 is 0 Å². The molecular formula is C11H13ClN4. The maximum atomic E-state index is 5.88. The number of aromatic nitrogens is 3. The lowest BCUT2D eigenvalue weighted by atomic mass is 10.3. The Hall–Kier alpha value is -1.29. The summed E-state index contributed by atoms with van der Waals surface area (Å²) in [6.07, 6.45) is 5.51. The lowest BCUT2D eigenvalue weighted by Crippen LogP contribution is -2.04. The van der Waals surface area contributed by atoms with Gasteiger partial charge in [-0.25, -0.2) is 9.97 Å². The van der Waals surface area contributed by atoms with Gasteiger partial charge in [-0.2, -0.15) is 0 Å². The lowest BCUT2D eigenvalue weighted by molar-refractivity contribution is 0.611. The maximum Gasteiger partial charge on any atom is 0.202 e. The predicted octanol–water partition coefficient (Wildman–Crippen LogP) is 2.47. The Morgan fingerprint density at radius 2 is 2.31 bits per heavy atom. The van der Waals surface area contributed by atoms with Gasteiger partial charge in [0.25, 0.3) is 0 Å². The van der Waals surface area contributed by atoms with E-state index in [1.54, 1.807) is 12.3 Å². The summed E-state index contributed by atoms with van der Waals surface area (Å²) in [4.78, 5) is 8.55. The molecule has 1 fully saturated rings. The molecule has 0 aliphatic heterocycles. The minimum atomic E-state index is 0.533. The van der Waals surface area contributed by atoms with Crippen molar-refractivity contribution in [3.8, 4) is 0 Å². The Morgan fingerprint density at radius 3 is 3.06 bits per heavy atom. The van der Waals surface area contributed by atoms with Crippen molar-refractivity contribution >= 4 is 28.7 Å². The van der Waals surface area contributed by atoms with E-state index in [-0.39, 0.29) is 0 Å². The highest BCUT2D eigenvalue weighted by Crippen LogP contribution is 2.33. The van der Waals surface area contributed by atoms with E-state index in [1.807, 2.05) is 4.57 Å². The van der Waals surface area contributed by atoms with Crippen LogP contribution in [0.2, 0.25) is 5.02 Å². The largest absolute Gasteiger partial charge is 0.369 e. The SMILES string of the molecule is Nc1nc2cc(Cl)cnc2n1CCC1CC1. The van der Waals surface area contributed by atoms with Gasteiger partial charge in [0.05, 0.1) is 5.02 Å². The fraction of sp³-hybridized carbons (Fsp3) is 0.455. The molecule has 16 heavy (non-hydrogen) atoms. The molecule has 4 nitrogen and oxygen atoms in total. The third kappa shape index (κ3) is 1.73. The van der Waals surface area contributed by atoms with Crippen molar-refractivity contribution in [1.29, 1.82) is 0 Å². The van der Waals surface area contributed by atoms with Crippen LogP contribution in [-0.4, -0.2) is 14.5 Å². The molecule has 0 atom stereocenters. The molecule has 84 valence electrons. The third-order valence-electron chi connectivity index (χ3n) is 3.04. The molecule has 2 aromatic rings. The van der Waals surface area contributed by atoms with Crippen LogP contribution in [0.3, 0.4) is 0 Å². The topological polar surface area (TPSA) is 56.7 Å². The molecule has 0 bridgehead atoms. The molecule has 0 spiro atoms. The number of hydrogen-bond acceptors (Lipinski definition) is 3. The molecule has 1 aliphatic rings. The van der Waals surface area contributed by atoms with Crippen molar-refractivity contribution in [2.45, 2.75) is 25.8 Å². The molecule has 2 aromatic heterocycles. The van der Waals surface area contributed by atoms with E-state index in [9.17, 15) is 0 Å². The number of imidazole rings is 1. The van der Waals surface area contributed by atoms with Crippen LogP contribution in [0.25, 0.3) is 11.2 Å². The van der Waals surface area contributed by atoms with Crippen LogP contribution in [0, 0.1) is 5.92 Å². The first kappa shape index (κ1) is 9.90. The van der Waals surface area contributed by atoms with Gasteiger partial charge >= 0.3 is 0 Å². The van der Waals surface area contributed by atoms with Crippen molar-refractivity contribution < 1.29 is 0 Å². The summed E-state index contributed by atoms with van der Waals surface area (Å²) in [5.74, 6) is 1.41. The van der Waals surface area contributed by atoms with E-state index in [4.69, 9.17) is 17.3 Å². The molecular weight excluding hydrogens is 224 g/mol. The van der Waals surface area contributed by atoms with Gasteiger partial charge in [-0.15, -0.1) is 0 Å². The number of nitrogens with zero attached hydrogens (tertiary/aromatic N) is 3. The number of aryl methyl sites for hydroxylation is 1. The average molecular weight is 237 g/mol. The zero-order valence-corrected chi connectivity index (χ0v) is 9.61. The maximum absolute atomic E-state index is 5.88. The summed E-state index contributed by atoms with van der Waals surface area (Å²) < 4.78 is 1.98. The summed E-state index contributed by atoms with van der Waals surface area (Å²) in [6, 6.07) is 1.80. The summed E-state index contributed by atoms with van der Waals surface area (Å²) in [7, 11) is 0. The smallest absolute Gasteiger partial charge is 0.202 e. The number of anilines is 1. The number of rotatable bonds is 3. The zero-order chi connectivity index (χ0) is 11.1. The van der Waals surface area contributed by atoms with Gasteiger partial charge < -0.3 is 5.73 Å². The molecule has 0 saturated heterocycles. The summed E-state index contributed by atoms with van der Waals surface area (Å²) in [6.45, 7) is 0.904. The van der Waals surface area contributed by atoms with Gasteiger partial charge in [0.15, 0.2) is 5.65 Å². The molecule has 1 saturated carbocycles. The second-order valence-electron chi connectivity index (χ2n) is 4.35. The number of pyridine rings is 1. The Kier molecular flexibility index (Phi) is 2.24. The van der Waals surface area contributed by atoms with Crippen molar-refractivity contribution in [2.75, 3.05) is 5.73 Å². The van der Waals surface area contributed by atoms with Crippen molar-refractivity contribution in [3.63, 3.8) is 0 Å². The summed E-state index contributed by atoms with van der Waals surface area (Å²) in [5, 5.41) is 0.597. The molecule has 2 N–H and O–H groups in total. The highest BCUT2D eigenvalue weighted by atomic mass is 35.5. The Balaban J connectivity index is 1.97. The van der Waals surface area contributed by atoms with Crippen molar-refractivity contribution in [2.24, 2.45) is 5.92 Å². The minimum absolute atomic E-state index is 0.533. The Bertz CT molecular complexity index is 530. The monoisotopic (exact) mass is 236 g/mol. The highest BCUT2D eigenvalue weighted by Gasteiger charge is 2.21. The van der Waals surface area contributed by atoms with E-state index >= 15 is 0 Å². The molecule has 0 aromatic carbocycles. The number of halogens is 1. The van der Waals surface area contributed by atoms with Gasteiger partial charge in [-0.3, -0.25) is 4.57 Å². The van der Waals surface area contributed by atoms with Gasteiger partial charge in [-0.1, -0.05) is 24.4 Å². The summed E-state index contributed by atoms with van der Waals surface area (Å²) in [5.41, 5.74) is 7.49. The normalized spacial score (nSPS) is 15.8. The van der Waals surface area contributed by atoms with Gasteiger partial charge in [0.1, 0.15) is 5.52 Å². The van der Waals surface area contributed by atoms with Crippen molar-refractivity contribution in [1.82, 2.24) is 14.5 Å². The first-order valence-corrected chi connectivity index (χ1v) is 5.89. The van der Waals surface area contributed by atoms with Gasteiger partial charge in [0, 0.05) is 12.7 Å². The first-order chi connectivity index (χ1) is 7.74. The number of fused-ring (bicyclic) bond motifs is 1. The number of hydrogen-bond donors (Lipinski definition) is 1. The van der Waals surface area contributed by atoms with Crippen LogP contribution in [0.1, 0.15) is 19.3 Å². The molecule has 0 amide bonds. The van der Waals surface area contributed by atoms with Crippen molar-refractivity contribution in [3.05, 3.63) is 17.3 Å². The lowest BCUT2D eigenvalue weighted by Gasteiger charge is -2.04. The zero-order valence-electron chi connectivity index (χ0n) is 8.86. The summed E-state index contributed by atoms with van der Waals surface area (Å²) >= 11 is 5.87. The van der Waals surface area contributed by atoms with Crippen LogP contribution in [0.4, 0.5) is 5.95 Å². The van der Waals surface area contributed by atoms with Crippen LogP contribution in [0.15, 0.2) is 12.3 Å². The quantitative estimate of drug-likeness (QED) is 0.891. The van der Waals surface area contributed by atoms with Crippen LogP contribution in [-0.2, 0) is 6.54 Å². The van der Waals surface area contributed by atoms with Gasteiger partial charge in [-0.05, 0) is 18.4 Å². The molecule has 0 unspecified atom stereocenters. The predicted molar refractivity (Wildman–Crippen MR) is 64.3 cm³/mol. The van der Waals surface area contributed by atoms with E-state index in [1.165, 1.54) is 19.3 Å². The molecule has 3 rings (SSSR count). The standard InChI is InChI=1S/C11H13ClN4/c12-8-5-9-10(14-6-8)16(11(13)15-9)4-3-7-1-2-7/h5-7H,1-4H2,(H2,13,15). The molecule has 0 radical (unpaired) electrons. The fourth-order valence-corrected chi connectivity index (χ4v) is 2.09. The third-order valence-corrected chi connectivity index (χ3v) is 3.25. The average Bonchev–Trinajstić information content (AvgIpc) is 3.00. The van der Waals surface area contributed by atoms with Crippen LogP contribution >= 0.6 is 11.6 Å². The molecule has 2 heterocycles. The minimum Gasteiger partial charge on any atom is -0.369 e. The number of nitrogen functional groups attached to an aromatic ring is 1. The van der Waals surface area contributed by atoms with E-state index in [2.05, 4.69) is 9.97 Å². The van der Waals surface area contributed by atoms with E-state index in [0.29, 0.717) is 11.0 Å². The second-order valence-corrected chi connectivity index (χ2v) is 4.79. The highest BCUT2D eigenvalue weighted by molar-refractivity contribution is 6.31. The second kappa shape index (κ2) is 3.63. The van der Waals surface area contributed by atoms with Crippen LogP contribution in [0.5, 0.6) is 0 Å². The molecule has 1 aliphatic carbocycles. The Labute approximate surface area is 98.4 Å². The molecule has 5 heteroatoms. The van der Waals surface area contributed by atoms with E-state index in [0.717, 1.165) is 23.6 Å². The number of nitrogens with two attached hydrogens (primary N) is 1. The first-order valence-electron chi connectivity index (χ1n) is 5.51. The van der Waals surface area contributed by atoms with Crippen LogP contribution < -0.4 is 5.73 Å². The van der Waals surface area contributed by atoms with Gasteiger partial charge in [0.2, 0.25) is 5.95 Å². The Morgan fingerprint density at radius 1 is 1.50 bits per heavy atom.